The van der Waals surface area contributed by atoms with Gasteiger partial charge in [-0.25, -0.2) is 0 Å². The van der Waals surface area contributed by atoms with Crippen molar-refractivity contribution in [3.8, 4) is 11.5 Å². The van der Waals surface area contributed by atoms with Crippen LogP contribution in [0.3, 0.4) is 0 Å². The molecule has 17 heavy (non-hydrogen) atoms. The van der Waals surface area contributed by atoms with Gasteiger partial charge in [-0.1, -0.05) is 6.92 Å². The minimum absolute atomic E-state index is 0. The Morgan fingerprint density at radius 3 is 2.76 bits per heavy atom. The van der Waals surface area contributed by atoms with Gasteiger partial charge in [-0.15, -0.1) is 12.4 Å². The van der Waals surface area contributed by atoms with Gasteiger partial charge in [0, 0.05) is 18.2 Å². The van der Waals surface area contributed by atoms with Crippen molar-refractivity contribution in [2.75, 3.05) is 6.61 Å². The van der Waals surface area contributed by atoms with E-state index in [2.05, 4.69) is 12.2 Å². The number of rotatable bonds is 5. The summed E-state index contributed by atoms with van der Waals surface area (Å²) in [5.41, 5.74) is 0.907. The van der Waals surface area contributed by atoms with Crippen LogP contribution in [0, 0.1) is 5.92 Å². The molecule has 0 amide bonds. The SMILES string of the molecule is CCOc1ccc(O)c(CNC2CC2C)c1.Cl. The maximum absolute atomic E-state index is 9.71. The summed E-state index contributed by atoms with van der Waals surface area (Å²) in [6, 6.07) is 6.01. The van der Waals surface area contributed by atoms with E-state index in [4.69, 9.17) is 4.74 Å². The molecular weight excluding hydrogens is 238 g/mol. The van der Waals surface area contributed by atoms with Gasteiger partial charge in [-0.05, 0) is 37.5 Å². The number of phenolic OH excluding ortho intramolecular Hbond substituents is 1. The second kappa shape index (κ2) is 6.12. The van der Waals surface area contributed by atoms with Crippen molar-refractivity contribution >= 4 is 12.4 Å². The van der Waals surface area contributed by atoms with Crippen LogP contribution in [0.25, 0.3) is 0 Å². The number of phenols is 1. The normalized spacial score (nSPS) is 21.8. The molecule has 0 heterocycles. The Kier molecular flexibility index (Phi) is 5.09. The highest BCUT2D eigenvalue weighted by molar-refractivity contribution is 5.85. The number of hydrogen-bond acceptors (Lipinski definition) is 3. The average Bonchev–Trinajstić information content (AvgIpc) is 2.96. The van der Waals surface area contributed by atoms with Crippen molar-refractivity contribution in [3.05, 3.63) is 23.8 Å². The highest BCUT2D eigenvalue weighted by atomic mass is 35.5. The molecule has 0 aliphatic heterocycles. The van der Waals surface area contributed by atoms with Gasteiger partial charge in [0.25, 0.3) is 0 Å². The maximum Gasteiger partial charge on any atom is 0.120 e. The minimum atomic E-state index is 0. The smallest absolute Gasteiger partial charge is 0.120 e. The second-order valence-corrected chi connectivity index (χ2v) is 4.42. The molecule has 0 radical (unpaired) electrons. The predicted octanol–water partition coefficient (Wildman–Crippen LogP) is 2.71. The Morgan fingerprint density at radius 2 is 2.18 bits per heavy atom. The summed E-state index contributed by atoms with van der Waals surface area (Å²) in [6.45, 7) is 5.55. The Bertz CT molecular complexity index is 370. The van der Waals surface area contributed by atoms with Crippen molar-refractivity contribution < 1.29 is 9.84 Å². The summed E-state index contributed by atoms with van der Waals surface area (Å²) in [5, 5.41) is 13.1. The third-order valence-electron chi connectivity index (χ3n) is 3.03. The Balaban J connectivity index is 0.00000144. The number of benzene rings is 1. The standard InChI is InChI=1S/C13H19NO2.ClH/c1-3-16-11-4-5-13(15)10(7-11)8-14-12-6-9(12)2;/h4-5,7,9,12,14-15H,3,6,8H2,1-2H3;1H. The average molecular weight is 258 g/mol. The Morgan fingerprint density at radius 1 is 1.47 bits per heavy atom. The van der Waals surface area contributed by atoms with Gasteiger partial charge in [0.15, 0.2) is 0 Å². The monoisotopic (exact) mass is 257 g/mol. The van der Waals surface area contributed by atoms with Crippen molar-refractivity contribution in [2.45, 2.75) is 32.9 Å². The second-order valence-electron chi connectivity index (χ2n) is 4.42. The molecule has 2 N–H and O–H groups in total. The van der Waals surface area contributed by atoms with E-state index in [-0.39, 0.29) is 12.4 Å². The molecule has 2 atom stereocenters. The Hall–Kier alpha value is -0.930. The van der Waals surface area contributed by atoms with E-state index in [1.54, 1.807) is 12.1 Å². The summed E-state index contributed by atoms with van der Waals surface area (Å²) in [5.74, 6) is 1.93. The van der Waals surface area contributed by atoms with E-state index in [1.807, 2.05) is 13.0 Å². The van der Waals surface area contributed by atoms with Gasteiger partial charge in [0.05, 0.1) is 6.61 Å². The van der Waals surface area contributed by atoms with E-state index in [9.17, 15) is 5.11 Å². The number of nitrogens with one attached hydrogen (secondary N) is 1. The highest BCUT2D eigenvalue weighted by Crippen LogP contribution is 2.30. The van der Waals surface area contributed by atoms with Gasteiger partial charge in [-0.3, -0.25) is 0 Å². The summed E-state index contributed by atoms with van der Waals surface area (Å²) in [6.07, 6.45) is 1.24. The van der Waals surface area contributed by atoms with Gasteiger partial charge in [0.1, 0.15) is 11.5 Å². The number of ether oxygens (including phenoxy) is 1. The number of hydrogen-bond donors (Lipinski definition) is 2. The third-order valence-corrected chi connectivity index (χ3v) is 3.03. The van der Waals surface area contributed by atoms with E-state index in [1.165, 1.54) is 6.42 Å². The molecule has 1 fully saturated rings. The lowest BCUT2D eigenvalue weighted by Gasteiger charge is -2.09. The summed E-state index contributed by atoms with van der Waals surface area (Å²) in [4.78, 5) is 0. The fraction of sp³-hybridized carbons (Fsp3) is 0.538. The van der Waals surface area contributed by atoms with Crippen molar-refractivity contribution in [2.24, 2.45) is 5.92 Å². The van der Waals surface area contributed by atoms with Crippen LogP contribution >= 0.6 is 12.4 Å². The first-order valence-corrected chi connectivity index (χ1v) is 5.88. The fourth-order valence-electron chi connectivity index (χ4n) is 1.81. The van der Waals surface area contributed by atoms with E-state index in [0.717, 1.165) is 17.2 Å². The lowest BCUT2D eigenvalue weighted by Crippen LogP contribution is -2.17. The summed E-state index contributed by atoms with van der Waals surface area (Å²) in [7, 11) is 0. The van der Waals surface area contributed by atoms with Crippen molar-refractivity contribution in [3.63, 3.8) is 0 Å². The third kappa shape index (κ3) is 3.79. The molecule has 1 aromatic rings. The number of halogens is 1. The molecule has 1 aliphatic rings. The number of aromatic hydroxyl groups is 1. The molecule has 1 saturated carbocycles. The van der Waals surface area contributed by atoms with Gasteiger partial charge < -0.3 is 15.2 Å². The van der Waals surface area contributed by atoms with Crippen LogP contribution < -0.4 is 10.1 Å². The molecule has 3 nitrogen and oxygen atoms in total. The molecule has 4 heteroatoms. The van der Waals surface area contributed by atoms with Crippen LogP contribution in [0.5, 0.6) is 11.5 Å². The van der Waals surface area contributed by atoms with Crippen molar-refractivity contribution in [1.29, 1.82) is 0 Å². The molecule has 0 aromatic heterocycles. The van der Waals surface area contributed by atoms with Crippen LogP contribution in [0.2, 0.25) is 0 Å². The molecule has 96 valence electrons. The first kappa shape index (κ1) is 14.1. The lowest BCUT2D eigenvalue weighted by atomic mass is 10.2. The van der Waals surface area contributed by atoms with Gasteiger partial charge in [-0.2, -0.15) is 0 Å². The zero-order valence-corrected chi connectivity index (χ0v) is 11.1. The molecule has 0 spiro atoms. The minimum Gasteiger partial charge on any atom is -0.508 e. The van der Waals surface area contributed by atoms with Crippen LogP contribution in [-0.2, 0) is 6.54 Å². The molecule has 1 aliphatic carbocycles. The van der Waals surface area contributed by atoms with Gasteiger partial charge >= 0.3 is 0 Å². The zero-order valence-electron chi connectivity index (χ0n) is 10.3. The van der Waals surface area contributed by atoms with Crippen LogP contribution in [0.1, 0.15) is 25.8 Å². The highest BCUT2D eigenvalue weighted by Gasteiger charge is 2.31. The predicted molar refractivity (Wildman–Crippen MR) is 70.9 cm³/mol. The lowest BCUT2D eigenvalue weighted by molar-refractivity contribution is 0.338. The maximum atomic E-state index is 9.71. The van der Waals surface area contributed by atoms with E-state index in [0.29, 0.717) is 24.9 Å². The van der Waals surface area contributed by atoms with E-state index >= 15 is 0 Å². The molecule has 2 rings (SSSR count). The first-order chi connectivity index (χ1) is 7.70. The molecule has 1 aromatic carbocycles. The van der Waals surface area contributed by atoms with Crippen LogP contribution in [0.4, 0.5) is 0 Å². The zero-order chi connectivity index (χ0) is 11.5. The summed E-state index contributed by atoms with van der Waals surface area (Å²) < 4.78 is 5.41. The summed E-state index contributed by atoms with van der Waals surface area (Å²) >= 11 is 0. The first-order valence-electron chi connectivity index (χ1n) is 5.88. The van der Waals surface area contributed by atoms with Crippen LogP contribution in [0.15, 0.2) is 18.2 Å². The Labute approximate surface area is 109 Å². The van der Waals surface area contributed by atoms with E-state index < -0.39 is 0 Å². The largest absolute Gasteiger partial charge is 0.508 e. The van der Waals surface area contributed by atoms with Gasteiger partial charge in [0.2, 0.25) is 0 Å². The quantitative estimate of drug-likeness (QED) is 0.852. The molecule has 0 saturated heterocycles. The topological polar surface area (TPSA) is 41.5 Å². The fourth-order valence-corrected chi connectivity index (χ4v) is 1.81. The van der Waals surface area contributed by atoms with Crippen molar-refractivity contribution in [1.82, 2.24) is 5.32 Å². The van der Waals surface area contributed by atoms with Crippen LogP contribution in [-0.4, -0.2) is 17.8 Å². The molecule has 0 bridgehead atoms. The molecular formula is C13H20ClNO2. The molecule has 2 unspecified atom stereocenters.